The van der Waals surface area contributed by atoms with Crippen LogP contribution in [0.3, 0.4) is 0 Å². The summed E-state index contributed by atoms with van der Waals surface area (Å²) in [6, 6.07) is 11.5. The number of benzene rings is 2. The molecule has 5 heteroatoms. The van der Waals surface area contributed by atoms with E-state index < -0.39 is 11.6 Å². The zero-order chi connectivity index (χ0) is 14.8. The van der Waals surface area contributed by atoms with Crippen molar-refractivity contribution in [2.75, 3.05) is 6.61 Å². The Hall–Kier alpha value is -1.94. The molecule has 2 aromatic rings. The van der Waals surface area contributed by atoms with Crippen molar-refractivity contribution in [3.8, 4) is 5.75 Å². The molecule has 0 aliphatic heterocycles. The Kier molecular flexibility index (Phi) is 4.04. The molecule has 106 valence electrons. The number of rotatable bonds is 4. The topological polar surface area (TPSA) is 58.6 Å². The van der Waals surface area contributed by atoms with Crippen LogP contribution in [0.2, 0.25) is 5.02 Å². The number of carbonyl (C=O) groups is 1. The van der Waals surface area contributed by atoms with Crippen LogP contribution in [0.1, 0.15) is 13.8 Å². The van der Waals surface area contributed by atoms with Gasteiger partial charge in [0.1, 0.15) is 12.4 Å². The summed E-state index contributed by atoms with van der Waals surface area (Å²) >= 11 is 6.31. The van der Waals surface area contributed by atoms with Crippen molar-refractivity contribution < 1.29 is 14.6 Å². The first-order valence-corrected chi connectivity index (χ1v) is 6.58. The number of hydrogen-bond donors (Lipinski definition) is 2. The Morgan fingerprint density at radius 3 is 2.70 bits per heavy atom. The molecular weight excluding hydrogens is 278 g/mol. The second kappa shape index (κ2) is 5.59. The molecule has 0 fully saturated rings. The molecule has 0 unspecified atom stereocenters. The van der Waals surface area contributed by atoms with E-state index in [-0.39, 0.29) is 6.61 Å². The van der Waals surface area contributed by atoms with E-state index in [2.05, 4.69) is 5.32 Å². The van der Waals surface area contributed by atoms with Gasteiger partial charge in [0.2, 0.25) is 0 Å². The average molecular weight is 294 g/mol. The van der Waals surface area contributed by atoms with Gasteiger partial charge in [-0.3, -0.25) is 0 Å². The summed E-state index contributed by atoms with van der Waals surface area (Å²) in [7, 11) is 0. The van der Waals surface area contributed by atoms with E-state index in [9.17, 15) is 4.79 Å². The van der Waals surface area contributed by atoms with Crippen LogP contribution in [0.4, 0.5) is 4.79 Å². The fourth-order valence-electron chi connectivity index (χ4n) is 1.91. The minimum Gasteiger partial charge on any atom is -0.490 e. The molecule has 0 saturated heterocycles. The van der Waals surface area contributed by atoms with Gasteiger partial charge in [0, 0.05) is 5.39 Å². The molecule has 1 amide bonds. The number of halogens is 1. The molecule has 4 nitrogen and oxygen atoms in total. The third kappa shape index (κ3) is 3.33. The number of carboxylic acid groups (broad SMARTS) is 1. The highest BCUT2D eigenvalue weighted by molar-refractivity contribution is 6.37. The molecular formula is C15H16ClNO3. The third-order valence-electron chi connectivity index (χ3n) is 2.86. The molecule has 0 aliphatic carbocycles. The monoisotopic (exact) mass is 293 g/mol. The molecule has 2 rings (SSSR count). The number of ether oxygens (including phenoxy) is 1. The first-order chi connectivity index (χ1) is 9.39. The first kappa shape index (κ1) is 14.5. The summed E-state index contributed by atoms with van der Waals surface area (Å²) in [6.07, 6.45) is -1.08. The molecule has 0 atom stereocenters. The van der Waals surface area contributed by atoms with Crippen LogP contribution >= 0.6 is 11.6 Å². The van der Waals surface area contributed by atoms with Gasteiger partial charge in [0.05, 0.1) is 10.6 Å². The van der Waals surface area contributed by atoms with Crippen molar-refractivity contribution in [2.24, 2.45) is 0 Å². The molecule has 0 spiro atoms. The van der Waals surface area contributed by atoms with Gasteiger partial charge >= 0.3 is 6.09 Å². The van der Waals surface area contributed by atoms with Crippen molar-refractivity contribution in [3.63, 3.8) is 0 Å². The first-order valence-electron chi connectivity index (χ1n) is 6.20. The summed E-state index contributed by atoms with van der Waals surface area (Å²) in [5.74, 6) is 0.547. The Morgan fingerprint density at radius 2 is 2.00 bits per heavy atom. The van der Waals surface area contributed by atoms with Crippen LogP contribution in [0, 0.1) is 0 Å². The number of hydrogen-bond acceptors (Lipinski definition) is 2. The Labute approximate surface area is 122 Å². The van der Waals surface area contributed by atoms with E-state index in [4.69, 9.17) is 21.4 Å². The lowest BCUT2D eigenvalue weighted by Crippen LogP contribution is -2.47. The Morgan fingerprint density at radius 1 is 1.30 bits per heavy atom. The molecule has 0 heterocycles. The summed E-state index contributed by atoms with van der Waals surface area (Å²) in [6.45, 7) is 3.68. The lowest BCUT2D eigenvalue weighted by atomic mass is 10.1. The van der Waals surface area contributed by atoms with E-state index in [1.54, 1.807) is 19.9 Å². The van der Waals surface area contributed by atoms with Crippen molar-refractivity contribution in [1.29, 1.82) is 0 Å². The van der Waals surface area contributed by atoms with Gasteiger partial charge in [0.15, 0.2) is 0 Å². The van der Waals surface area contributed by atoms with Gasteiger partial charge < -0.3 is 15.2 Å². The van der Waals surface area contributed by atoms with Crippen LogP contribution in [0.25, 0.3) is 10.8 Å². The maximum absolute atomic E-state index is 10.7. The molecule has 0 radical (unpaired) electrons. The third-order valence-corrected chi connectivity index (χ3v) is 3.25. The number of fused-ring (bicyclic) bond motifs is 1. The van der Waals surface area contributed by atoms with Gasteiger partial charge in [-0.05, 0) is 25.3 Å². The van der Waals surface area contributed by atoms with Crippen LogP contribution < -0.4 is 10.1 Å². The second-order valence-electron chi connectivity index (χ2n) is 5.20. The Balaban J connectivity index is 2.18. The quantitative estimate of drug-likeness (QED) is 0.898. The predicted octanol–water partition coefficient (Wildman–Crippen LogP) is 3.92. The smallest absolute Gasteiger partial charge is 0.405 e. The fraction of sp³-hybridized carbons (Fsp3) is 0.267. The standard InChI is InChI=1S/C15H16ClNO3/c1-15(2,17-14(18)19)9-20-12-8-7-10-5-3-4-6-11(10)13(12)16/h3-8,17H,9H2,1-2H3,(H,18,19). The van der Waals surface area contributed by atoms with Crippen LogP contribution in [-0.2, 0) is 0 Å². The van der Waals surface area contributed by atoms with E-state index in [1.807, 2.05) is 30.3 Å². The van der Waals surface area contributed by atoms with E-state index >= 15 is 0 Å². The van der Waals surface area contributed by atoms with E-state index in [0.29, 0.717) is 10.8 Å². The molecule has 0 aromatic heterocycles. The highest BCUT2D eigenvalue weighted by Crippen LogP contribution is 2.32. The normalized spacial score (nSPS) is 11.3. The van der Waals surface area contributed by atoms with Crippen molar-refractivity contribution in [2.45, 2.75) is 19.4 Å². The van der Waals surface area contributed by atoms with Gasteiger partial charge in [-0.2, -0.15) is 0 Å². The Bertz CT molecular complexity index is 640. The zero-order valence-corrected chi connectivity index (χ0v) is 12.1. The minimum absolute atomic E-state index is 0.192. The lowest BCUT2D eigenvalue weighted by molar-refractivity contribution is 0.162. The highest BCUT2D eigenvalue weighted by atomic mass is 35.5. The van der Waals surface area contributed by atoms with Gasteiger partial charge in [-0.15, -0.1) is 0 Å². The van der Waals surface area contributed by atoms with Crippen LogP contribution in [0.15, 0.2) is 36.4 Å². The average Bonchev–Trinajstić information content (AvgIpc) is 2.37. The van der Waals surface area contributed by atoms with Crippen molar-refractivity contribution >= 4 is 28.5 Å². The summed E-state index contributed by atoms with van der Waals surface area (Å²) in [4.78, 5) is 10.7. The predicted molar refractivity (Wildman–Crippen MR) is 79.7 cm³/mol. The number of nitrogens with one attached hydrogen (secondary N) is 1. The van der Waals surface area contributed by atoms with E-state index in [1.165, 1.54) is 0 Å². The lowest BCUT2D eigenvalue weighted by Gasteiger charge is -2.25. The molecule has 0 bridgehead atoms. The van der Waals surface area contributed by atoms with Crippen LogP contribution in [0.5, 0.6) is 5.75 Å². The van der Waals surface area contributed by atoms with Crippen molar-refractivity contribution in [1.82, 2.24) is 5.32 Å². The van der Waals surface area contributed by atoms with E-state index in [0.717, 1.165) is 10.8 Å². The number of amides is 1. The molecule has 2 N–H and O–H groups in total. The van der Waals surface area contributed by atoms with Gasteiger partial charge in [-0.25, -0.2) is 4.79 Å². The fourth-order valence-corrected chi connectivity index (χ4v) is 2.20. The maximum atomic E-state index is 10.7. The summed E-state index contributed by atoms with van der Waals surface area (Å²) in [5, 5.41) is 13.6. The maximum Gasteiger partial charge on any atom is 0.405 e. The van der Waals surface area contributed by atoms with Gasteiger partial charge in [0.25, 0.3) is 0 Å². The largest absolute Gasteiger partial charge is 0.490 e. The summed E-state index contributed by atoms with van der Waals surface area (Å²) in [5.41, 5.74) is -0.694. The van der Waals surface area contributed by atoms with Gasteiger partial charge in [-0.1, -0.05) is 41.9 Å². The van der Waals surface area contributed by atoms with Crippen molar-refractivity contribution in [3.05, 3.63) is 41.4 Å². The molecule has 0 aliphatic rings. The summed E-state index contributed by atoms with van der Waals surface area (Å²) < 4.78 is 5.65. The molecule has 0 saturated carbocycles. The molecule has 20 heavy (non-hydrogen) atoms. The molecule has 2 aromatic carbocycles. The van der Waals surface area contributed by atoms with Crippen LogP contribution in [-0.4, -0.2) is 23.3 Å². The minimum atomic E-state index is -1.08. The zero-order valence-electron chi connectivity index (χ0n) is 11.3. The second-order valence-corrected chi connectivity index (χ2v) is 5.58. The SMILES string of the molecule is CC(C)(COc1ccc2ccccc2c1Cl)NC(=O)O. The highest BCUT2D eigenvalue weighted by Gasteiger charge is 2.21.